The van der Waals surface area contributed by atoms with Crippen molar-refractivity contribution in [1.82, 2.24) is 24.3 Å². The number of hydrogen-bond acceptors (Lipinski definition) is 10. The molecule has 0 atom stereocenters. The summed E-state index contributed by atoms with van der Waals surface area (Å²) in [6, 6.07) is 7.58. The molecule has 238 valence electrons. The summed E-state index contributed by atoms with van der Waals surface area (Å²) >= 11 is 0. The topological polar surface area (TPSA) is 133 Å². The number of imidazole rings is 1. The van der Waals surface area contributed by atoms with Crippen LogP contribution >= 0.6 is 0 Å². The molecule has 12 nitrogen and oxygen atoms in total. The van der Waals surface area contributed by atoms with Crippen LogP contribution in [0.4, 0.5) is 21.2 Å². The van der Waals surface area contributed by atoms with Crippen molar-refractivity contribution in [3.8, 4) is 5.88 Å². The Morgan fingerprint density at radius 3 is 2.27 bits per heavy atom. The van der Waals surface area contributed by atoms with Gasteiger partial charge in [-0.1, -0.05) is 6.07 Å². The van der Waals surface area contributed by atoms with Crippen LogP contribution < -0.4 is 15.0 Å². The number of aromatic nitrogens is 5. The number of anilines is 2. The molecule has 1 aliphatic carbocycles. The molecule has 0 aromatic carbocycles. The van der Waals surface area contributed by atoms with Crippen molar-refractivity contribution in [2.24, 2.45) is 0 Å². The quantitative estimate of drug-likeness (QED) is 0.224. The molecule has 0 spiro atoms. The van der Waals surface area contributed by atoms with E-state index in [4.69, 9.17) is 19.2 Å². The number of imide groups is 1. The molecule has 5 rings (SSSR count). The zero-order valence-electron chi connectivity index (χ0n) is 27.2. The van der Waals surface area contributed by atoms with Gasteiger partial charge in [0.2, 0.25) is 5.88 Å². The fourth-order valence-electron chi connectivity index (χ4n) is 4.69. The molecule has 4 heterocycles. The second-order valence-electron chi connectivity index (χ2n) is 13.3. The molecule has 0 saturated heterocycles. The molecule has 12 heteroatoms. The van der Waals surface area contributed by atoms with Gasteiger partial charge in [-0.05, 0) is 97.4 Å². The Morgan fingerprint density at radius 1 is 0.956 bits per heavy atom. The maximum absolute atomic E-state index is 13.1. The van der Waals surface area contributed by atoms with Crippen molar-refractivity contribution in [2.45, 2.75) is 98.5 Å². The molecule has 45 heavy (non-hydrogen) atoms. The van der Waals surface area contributed by atoms with Gasteiger partial charge in [0.1, 0.15) is 41.4 Å². The number of nitrogens with one attached hydrogen (secondary N) is 1. The van der Waals surface area contributed by atoms with Gasteiger partial charge in [0, 0.05) is 29.7 Å². The minimum atomic E-state index is -0.875. The van der Waals surface area contributed by atoms with Crippen molar-refractivity contribution in [1.29, 1.82) is 0 Å². The van der Waals surface area contributed by atoms with E-state index in [1.807, 2.05) is 13.1 Å². The number of hydrogen-bond donors (Lipinski definition) is 1. The van der Waals surface area contributed by atoms with Gasteiger partial charge in [0.25, 0.3) is 0 Å². The van der Waals surface area contributed by atoms with Crippen LogP contribution in [0.5, 0.6) is 5.88 Å². The Bertz CT molecular complexity index is 1670. The largest absolute Gasteiger partial charge is 0.473 e. The smallest absolute Gasteiger partial charge is 0.425 e. The molecular formula is C33H41N7O5. The van der Waals surface area contributed by atoms with Crippen molar-refractivity contribution in [3.63, 3.8) is 0 Å². The third-order valence-corrected chi connectivity index (χ3v) is 6.95. The first-order valence-corrected chi connectivity index (χ1v) is 15.0. The lowest BCUT2D eigenvalue weighted by Crippen LogP contribution is -2.44. The highest BCUT2D eigenvalue weighted by Gasteiger charge is 2.34. The Kier molecular flexibility index (Phi) is 8.68. The minimum absolute atomic E-state index is 0.0986. The predicted molar refractivity (Wildman–Crippen MR) is 170 cm³/mol. The Balaban J connectivity index is 1.26. The van der Waals surface area contributed by atoms with Crippen LogP contribution in [0.25, 0.3) is 5.65 Å². The molecule has 4 aromatic heterocycles. The van der Waals surface area contributed by atoms with E-state index in [-0.39, 0.29) is 12.4 Å². The zero-order chi connectivity index (χ0) is 32.5. The second-order valence-corrected chi connectivity index (χ2v) is 13.3. The number of fused-ring (bicyclic) bond motifs is 1. The number of nitrogens with zero attached hydrogens (tertiary/aromatic N) is 6. The highest BCUT2D eigenvalue weighted by molar-refractivity contribution is 6.08. The molecule has 1 aliphatic rings. The van der Waals surface area contributed by atoms with Gasteiger partial charge >= 0.3 is 12.2 Å². The number of carbonyl (C=O) groups excluding carboxylic acids is 2. The number of carbonyl (C=O) groups is 2. The van der Waals surface area contributed by atoms with Gasteiger partial charge in [-0.3, -0.25) is 0 Å². The minimum Gasteiger partial charge on any atom is -0.473 e. The molecular weight excluding hydrogens is 574 g/mol. The summed E-state index contributed by atoms with van der Waals surface area (Å²) in [5, 5.41) is 3.29. The predicted octanol–water partition coefficient (Wildman–Crippen LogP) is 6.88. The first kappa shape index (κ1) is 31.7. The lowest BCUT2D eigenvalue weighted by molar-refractivity contribution is 0.0429. The first-order valence-electron chi connectivity index (χ1n) is 15.0. The fraction of sp³-hybridized carbons (Fsp3) is 0.455. The van der Waals surface area contributed by atoms with Crippen molar-refractivity contribution >= 4 is 29.5 Å². The Labute approximate surface area is 263 Å². The van der Waals surface area contributed by atoms with Crippen LogP contribution in [-0.4, -0.2) is 47.7 Å². The highest BCUT2D eigenvalue weighted by atomic mass is 16.6. The van der Waals surface area contributed by atoms with Gasteiger partial charge in [-0.2, -0.15) is 4.90 Å². The number of amides is 2. The number of aryl methyl sites for hydroxylation is 2. The second kappa shape index (κ2) is 12.3. The van der Waals surface area contributed by atoms with E-state index < -0.39 is 23.4 Å². The van der Waals surface area contributed by atoms with Crippen molar-refractivity contribution < 1.29 is 23.8 Å². The van der Waals surface area contributed by atoms with E-state index >= 15 is 0 Å². The van der Waals surface area contributed by atoms with E-state index in [0.29, 0.717) is 29.9 Å². The average molecular weight is 616 g/mol. The van der Waals surface area contributed by atoms with Crippen molar-refractivity contribution in [2.75, 3.05) is 10.2 Å². The average Bonchev–Trinajstić information content (AvgIpc) is 3.69. The maximum Gasteiger partial charge on any atom is 0.425 e. The summed E-state index contributed by atoms with van der Waals surface area (Å²) < 4.78 is 19.1. The molecule has 0 unspecified atom stereocenters. The molecule has 0 radical (unpaired) electrons. The molecule has 0 bridgehead atoms. The van der Waals surface area contributed by atoms with Gasteiger partial charge in [-0.25, -0.2) is 29.5 Å². The highest BCUT2D eigenvalue weighted by Crippen LogP contribution is 2.39. The summed E-state index contributed by atoms with van der Waals surface area (Å²) in [6.07, 6.45) is 6.40. The molecule has 1 N–H and O–H groups in total. The van der Waals surface area contributed by atoms with E-state index in [0.717, 1.165) is 27.4 Å². The standard InChI is InChI=1S/C33H41N7O5/c1-20-13-28(40(30(41)44-32(3,4)5)31(42)45-33(6,7)8)37-21(2)25(20)18-43-29-14-26(35-19-36-29)34-15-24-17-39-16-23(22-9-10-22)11-12-27(39)38-24/h11-14,16-17,19,22H,9-10,15,18H2,1-8H3,(H,34,35,36). The van der Waals surface area contributed by atoms with Crippen LogP contribution in [-0.2, 0) is 22.6 Å². The number of pyridine rings is 2. The molecule has 2 amide bonds. The van der Waals surface area contributed by atoms with Crippen LogP contribution in [0.3, 0.4) is 0 Å². The Hall–Kier alpha value is -4.74. The van der Waals surface area contributed by atoms with Gasteiger partial charge in [0.15, 0.2) is 0 Å². The zero-order valence-corrected chi connectivity index (χ0v) is 27.2. The summed E-state index contributed by atoms with van der Waals surface area (Å²) in [7, 11) is 0. The summed E-state index contributed by atoms with van der Waals surface area (Å²) in [5.74, 6) is 1.76. The summed E-state index contributed by atoms with van der Waals surface area (Å²) in [6.45, 7) is 14.6. The molecule has 1 fully saturated rings. The van der Waals surface area contributed by atoms with Crippen LogP contribution in [0.15, 0.2) is 43.0 Å². The van der Waals surface area contributed by atoms with Crippen LogP contribution in [0.2, 0.25) is 0 Å². The normalized spacial score (nSPS) is 13.4. The third kappa shape index (κ3) is 8.25. The third-order valence-electron chi connectivity index (χ3n) is 6.95. The summed E-state index contributed by atoms with van der Waals surface area (Å²) in [5.41, 5.74) is 3.64. The van der Waals surface area contributed by atoms with Crippen LogP contribution in [0, 0.1) is 13.8 Å². The lowest BCUT2D eigenvalue weighted by Gasteiger charge is -2.28. The first-order chi connectivity index (χ1) is 21.1. The maximum atomic E-state index is 13.1. The molecule has 0 aliphatic heterocycles. The van der Waals surface area contributed by atoms with Gasteiger partial charge < -0.3 is 23.9 Å². The molecule has 1 saturated carbocycles. The monoisotopic (exact) mass is 615 g/mol. The van der Waals surface area contributed by atoms with Crippen molar-refractivity contribution in [3.05, 3.63) is 71.1 Å². The lowest BCUT2D eigenvalue weighted by atomic mass is 10.1. The fourth-order valence-corrected chi connectivity index (χ4v) is 4.69. The van der Waals surface area contributed by atoms with Gasteiger partial charge in [-0.15, -0.1) is 0 Å². The molecule has 4 aromatic rings. The number of rotatable bonds is 8. The summed E-state index contributed by atoms with van der Waals surface area (Å²) in [4.78, 5) is 44.8. The van der Waals surface area contributed by atoms with E-state index in [1.54, 1.807) is 60.6 Å². The van der Waals surface area contributed by atoms with Crippen LogP contribution in [0.1, 0.15) is 88.4 Å². The van der Waals surface area contributed by atoms with E-state index in [1.165, 1.54) is 24.7 Å². The van der Waals surface area contributed by atoms with E-state index in [2.05, 4.69) is 43.0 Å². The Morgan fingerprint density at radius 2 is 1.64 bits per heavy atom. The SMILES string of the molecule is Cc1cc(N(C(=O)OC(C)(C)C)C(=O)OC(C)(C)C)nc(C)c1COc1cc(NCc2cn3cc(C4CC4)ccc3n2)ncn1. The van der Waals surface area contributed by atoms with Gasteiger partial charge in [0.05, 0.1) is 12.2 Å². The van der Waals surface area contributed by atoms with E-state index in [9.17, 15) is 9.59 Å². The number of ether oxygens (including phenoxy) is 3.